The predicted molar refractivity (Wildman–Crippen MR) is 78.7 cm³/mol. The fourth-order valence-electron chi connectivity index (χ4n) is 1.80. The Hall–Kier alpha value is -2.43. The van der Waals surface area contributed by atoms with Gasteiger partial charge in [0.1, 0.15) is 5.69 Å². The molecule has 0 fully saturated rings. The van der Waals surface area contributed by atoms with Crippen LogP contribution in [0.3, 0.4) is 0 Å². The van der Waals surface area contributed by atoms with Crippen LogP contribution in [0, 0.1) is 0 Å². The van der Waals surface area contributed by atoms with Gasteiger partial charge in [0.25, 0.3) is 5.91 Å². The number of amides is 1. The van der Waals surface area contributed by atoms with Crippen molar-refractivity contribution >= 4 is 11.6 Å². The number of rotatable bonds is 6. The molecule has 0 aliphatic heterocycles. The standard InChI is InChI=1S/C15H18N4O/c1-2-16-15(20)14-11-13(7-10-19-14)18-9-6-12-5-3-4-8-17-12/h3-5,7-8,10-11H,2,6,9H2,1H3,(H,16,20)(H,18,19). The minimum atomic E-state index is -0.152. The topological polar surface area (TPSA) is 66.9 Å². The number of pyridine rings is 2. The van der Waals surface area contributed by atoms with E-state index < -0.39 is 0 Å². The third-order valence-corrected chi connectivity index (χ3v) is 2.77. The minimum absolute atomic E-state index is 0.152. The molecule has 2 heterocycles. The van der Waals surface area contributed by atoms with E-state index in [0.29, 0.717) is 12.2 Å². The van der Waals surface area contributed by atoms with E-state index in [-0.39, 0.29) is 5.91 Å². The zero-order valence-corrected chi connectivity index (χ0v) is 11.5. The summed E-state index contributed by atoms with van der Waals surface area (Å²) in [7, 11) is 0. The van der Waals surface area contributed by atoms with E-state index in [9.17, 15) is 4.79 Å². The van der Waals surface area contributed by atoms with Gasteiger partial charge >= 0.3 is 0 Å². The number of carbonyl (C=O) groups excluding carboxylic acids is 1. The summed E-state index contributed by atoms with van der Waals surface area (Å²) in [5.74, 6) is -0.152. The molecular formula is C15H18N4O. The SMILES string of the molecule is CCNC(=O)c1cc(NCCc2ccccn2)ccn1. The highest BCUT2D eigenvalue weighted by Crippen LogP contribution is 2.08. The van der Waals surface area contributed by atoms with Gasteiger partial charge in [-0.05, 0) is 31.2 Å². The lowest BCUT2D eigenvalue weighted by Gasteiger charge is -2.07. The zero-order chi connectivity index (χ0) is 14.2. The molecule has 2 rings (SSSR count). The van der Waals surface area contributed by atoms with E-state index in [1.165, 1.54) is 0 Å². The molecule has 1 amide bonds. The van der Waals surface area contributed by atoms with Crippen LogP contribution in [0.1, 0.15) is 23.1 Å². The van der Waals surface area contributed by atoms with Gasteiger partial charge in [0.05, 0.1) is 0 Å². The molecule has 2 aromatic rings. The number of hydrogen-bond donors (Lipinski definition) is 2. The van der Waals surface area contributed by atoms with Gasteiger partial charge < -0.3 is 10.6 Å². The second-order valence-electron chi connectivity index (χ2n) is 4.29. The van der Waals surface area contributed by atoms with E-state index >= 15 is 0 Å². The lowest BCUT2D eigenvalue weighted by Crippen LogP contribution is -2.23. The number of carbonyl (C=O) groups is 1. The molecular weight excluding hydrogens is 252 g/mol. The van der Waals surface area contributed by atoms with Crippen LogP contribution in [-0.4, -0.2) is 29.0 Å². The number of hydrogen-bond acceptors (Lipinski definition) is 4. The molecule has 20 heavy (non-hydrogen) atoms. The predicted octanol–water partition coefficient (Wildman–Crippen LogP) is 1.88. The molecule has 0 aliphatic carbocycles. The summed E-state index contributed by atoms with van der Waals surface area (Å²) in [4.78, 5) is 20.0. The van der Waals surface area contributed by atoms with Gasteiger partial charge in [-0.2, -0.15) is 0 Å². The van der Waals surface area contributed by atoms with Gasteiger partial charge in [0.15, 0.2) is 0 Å². The van der Waals surface area contributed by atoms with E-state index in [1.54, 1.807) is 18.5 Å². The first-order chi connectivity index (χ1) is 9.79. The van der Waals surface area contributed by atoms with Crippen molar-refractivity contribution in [3.05, 3.63) is 54.1 Å². The molecule has 0 unspecified atom stereocenters. The number of nitrogens with one attached hydrogen (secondary N) is 2. The van der Waals surface area contributed by atoms with Crippen molar-refractivity contribution in [1.82, 2.24) is 15.3 Å². The van der Waals surface area contributed by atoms with E-state index in [4.69, 9.17) is 0 Å². The summed E-state index contributed by atoms with van der Waals surface area (Å²) in [6.45, 7) is 3.24. The molecule has 0 atom stereocenters. The summed E-state index contributed by atoms with van der Waals surface area (Å²) in [5.41, 5.74) is 2.35. The Morgan fingerprint density at radius 1 is 1.20 bits per heavy atom. The fraction of sp³-hybridized carbons (Fsp3) is 0.267. The number of nitrogens with zero attached hydrogens (tertiary/aromatic N) is 2. The van der Waals surface area contributed by atoms with Gasteiger partial charge in [-0.25, -0.2) is 0 Å². The first-order valence-corrected chi connectivity index (χ1v) is 6.67. The average Bonchev–Trinajstić information content (AvgIpc) is 2.49. The maximum absolute atomic E-state index is 11.7. The van der Waals surface area contributed by atoms with Crippen LogP contribution in [0.2, 0.25) is 0 Å². The molecule has 0 saturated carbocycles. The first-order valence-electron chi connectivity index (χ1n) is 6.67. The number of anilines is 1. The third kappa shape index (κ3) is 4.05. The quantitative estimate of drug-likeness (QED) is 0.841. The molecule has 2 N–H and O–H groups in total. The molecule has 0 radical (unpaired) electrons. The summed E-state index contributed by atoms with van der Waals surface area (Å²) in [6.07, 6.45) is 4.25. The second kappa shape index (κ2) is 7.23. The van der Waals surface area contributed by atoms with Crippen molar-refractivity contribution in [3.63, 3.8) is 0 Å². The van der Waals surface area contributed by atoms with Crippen molar-refractivity contribution in [1.29, 1.82) is 0 Å². The summed E-state index contributed by atoms with van der Waals surface area (Å²) < 4.78 is 0. The Morgan fingerprint density at radius 3 is 2.85 bits per heavy atom. The lowest BCUT2D eigenvalue weighted by atomic mass is 10.2. The molecule has 0 aromatic carbocycles. The van der Waals surface area contributed by atoms with E-state index in [2.05, 4.69) is 20.6 Å². The van der Waals surface area contributed by atoms with Crippen molar-refractivity contribution in [2.45, 2.75) is 13.3 Å². The highest BCUT2D eigenvalue weighted by Gasteiger charge is 2.06. The largest absolute Gasteiger partial charge is 0.385 e. The molecule has 2 aromatic heterocycles. The Kier molecular flexibility index (Phi) is 5.06. The molecule has 104 valence electrons. The summed E-state index contributed by atoms with van der Waals surface area (Å²) in [6, 6.07) is 9.47. The second-order valence-corrected chi connectivity index (χ2v) is 4.29. The highest BCUT2D eigenvalue weighted by molar-refractivity contribution is 5.93. The monoisotopic (exact) mass is 270 g/mol. The minimum Gasteiger partial charge on any atom is -0.385 e. The van der Waals surface area contributed by atoms with Gasteiger partial charge in [0, 0.05) is 43.3 Å². The van der Waals surface area contributed by atoms with Crippen LogP contribution in [0.15, 0.2) is 42.7 Å². The Labute approximate surface area is 118 Å². The van der Waals surface area contributed by atoms with Crippen LogP contribution >= 0.6 is 0 Å². The van der Waals surface area contributed by atoms with Crippen molar-refractivity contribution in [2.75, 3.05) is 18.4 Å². The molecule has 0 spiro atoms. The van der Waals surface area contributed by atoms with Crippen LogP contribution in [0.4, 0.5) is 5.69 Å². The fourth-order valence-corrected chi connectivity index (χ4v) is 1.80. The van der Waals surface area contributed by atoms with Crippen LogP contribution in [0.25, 0.3) is 0 Å². The Bertz CT molecular complexity index is 557. The molecule has 0 aliphatic rings. The third-order valence-electron chi connectivity index (χ3n) is 2.77. The maximum Gasteiger partial charge on any atom is 0.269 e. The first kappa shape index (κ1) is 14.0. The van der Waals surface area contributed by atoms with E-state index in [1.807, 2.05) is 31.2 Å². The van der Waals surface area contributed by atoms with Crippen molar-refractivity contribution in [2.24, 2.45) is 0 Å². The van der Waals surface area contributed by atoms with Crippen molar-refractivity contribution in [3.8, 4) is 0 Å². The summed E-state index contributed by atoms with van der Waals surface area (Å²) in [5, 5.41) is 6.00. The molecule has 5 nitrogen and oxygen atoms in total. The summed E-state index contributed by atoms with van der Waals surface area (Å²) >= 11 is 0. The molecule has 0 bridgehead atoms. The van der Waals surface area contributed by atoms with Crippen LogP contribution in [0.5, 0.6) is 0 Å². The van der Waals surface area contributed by atoms with Gasteiger partial charge in [-0.15, -0.1) is 0 Å². The van der Waals surface area contributed by atoms with Gasteiger partial charge in [0.2, 0.25) is 0 Å². The normalized spacial score (nSPS) is 10.1. The van der Waals surface area contributed by atoms with Gasteiger partial charge in [-0.3, -0.25) is 14.8 Å². The smallest absolute Gasteiger partial charge is 0.269 e. The van der Waals surface area contributed by atoms with Crippen molar-refractivity contribution < 1.29 is 4.79 Å². The van der Waals surface area contributed by atoms with E-state index in [0.717, 1.165) is 24.3 Å². The lowest BCUT2D eigenvalue weighted by molar-refractivity contribution is 0.0951. The average molecular weight is 270 g/mol. The van der Waals surface area contributed by atoms with Crippen LogP contribution < -0.4 is 10.6 Å². The molecule has 0 saturated heterocycles. The Balaban J connectivity index is 1.90. The van der Waals surface area contributed by atoms with Crippen LogP contribution in [-0.2, 0) is 6.42 Å². The van der Waals surface area contributed by atoms with Gasteiger partial charge in [-0.1, -0.05) is 6.07 Å². The molecule has 5 heteroatoms. The number of aromatic nitrogens is 2. The Morgan fingerprint density at radius 2 is 2.10 bits per heavy atom. The zero-order valence-electron chi connectivity index (χ0n) is 11.5. The highest BCUT2D eigenvalue weighted by atomic mass is 16.1. The maximum atomic E-state index is 11.7.